The first-order valence-electron chi connectivity index (χ1n) is 9.26. The van der Waals surface area contributed by atoms with Crippen LogP contribution in [0.3, 0.4) is 0 Å². The Morgan fingerprint density at radius 1 is 1.10 bits per heavy atom. The lowest BCUT2D eigenvalue weighted by atomic mass is 10.0. The van der Waals surface area contributed by atoms with Crippen molar-refractivity contribution in [1.82, 2.24) is 14.5 Å². The van der Waals surface area contributed by atoms with Crippen molar-refractivity contribution in [2.45, 2.75) is 25.5 Å². The molecule has 0 radical (unpaired) electrons. The van der Waals surface area contributed by atoms with E-state index in [2.05, 4.69) is 9.97 Å². The van der Waals surface area contributed by atoms with Crippen molar-refractivity contribution in [3.8, 4) is 16.9 Å². The van der Waals surface area contributed by atoms with Crippen LogP contribution in [0.25, 0.3) is 22.2 Å². The zero-order chi connectivity index (χ0) is 20.0. The topological polar surface area (TPSA) is 39.9 Å². The van der Waals surface area contributed by atoms with E-state index in [0.29, 0.717) is 35.0 Å². The van der Waals surface area contributed by atoms with Gasteiger partial charge in [0, 0.05) is 41.6 Å². The van der Waals surface area contributed by atoms with Gasteiger partial charge < -0.3 is 9.30 Å². The number of halogens is 3. The van der Waals surface area contributed by atoms with Gasteiger partial charge in [0.15, 0.2) is 0 Å². The highest BCUT2D eigenvalue weighted by Gasteiger charge is 2.30. The molecule has 0 aliphatic carbocycles. The maximum absolute atomic E-state index is 14.7. The molecule has 0 N–H and O–H groups in total. The first kappa shape index (κ1) is 17.7. The zero-order valence-electron chi connectivity index (χ0n) is 15.2. The number of fused-ring (bicyclic) bond motifs is 3. The average Bonchev–Trinajstić information content (AvgIpc) is 3.27. The average molecular weight is 395 g/mol. The molecule has 1 aliphatic heterocycles. The summed E-state index contributed by atoms with van der Waals surface area (Å²) in [6.07, 6.45) is 4.62. The molecule has 0 unspecified atom stereocenters. The van der Waals surface area contributed by atoms with E-state index in [1.54, 1.807) is 54.9 Å². The quantitative estimate of drug-likeness (QED) is 0.466. The molecule has 2 aromatic carbocycles. The molecule has 0 amide bonds. The monoisotopic (exact) mass is 395 g/mol. The van der Waals surface area contributed by atoms with E-state index >= 15 is 0 Å². The van der Waals surface area contributed by atoms with Crippen molar-refractivity contribution in [2.24, 2.45) is 0 Å². The molecule has 2 aromatic heterocycles. The summed E-state index contributed by atoms with van der Waals surface area (Å²) >= 11 is 0. The maximum atomic E-state index is 14.7. The third-order valence-electron chi connectivity index (χ3n) is 5.27. The number of aromatic nitrogens is 3. The molecule has 29 heavy (non-hydrogen) atoms. The summed E-state index contributed by atoms with van der Waals surface area (Å²) in [6.45, 7) is -2.90. The third-order valence-corrected chi connectivity index (χ3v) is 5.27. The van der Waals surface area contributed by atoms with E-state index in [1.165, 1.54) is 6.07 Å². The van der Waals surface area contributed by atoms with Crippen LogP contribution in [-0.2, 0) is 6.42 Å². The Labute approximate surface area is 164 Å². The summed E-state index contributed by atoms with van der Waals surface area (Å²) in [4.78, 5) is 8.64. The fourth-order valence-electron chi connectivity index (χ4n) is 4.08. The number of aryl methyl sites for hydroxylation is 1. The van der Waals surface area contributed by atoms with Gasteiger partial charge in [0.1, 0.15) is 17.4 Å². The van der Waals surface area contributed by atoms with Crippen molar-refractivity contribution in [3.05, 3.63) is 78.1 Å². The molecule has 0 saturated heterocycles. The van der Waals surface area contributed by atoms with Crippen molar-refractivity contribution < 1.29 is 17.9 Å². The van der Waals surface area contributed by atoms with E-state index < -0.39 is 6.61 Å². The van der Waals surface area contributed by atoms with Gasteiger partial charge in [-0.1, -0.05) is 24.3 Å². The molecule has 0 spiro atoms. The molecule has 3 heterocycles. The number of pyridine rings is 1. The van der Waals surface area contributed by atoms with Crippen LogP contribution < -0.4 is 4.74 Å². The Balaban J connectivity index is 1.67. The van der Waals surface area contributed by atoms with Gasteiger partial charge in [-0.3, -0.25) is 4.98 Å². The number of hydrogen-bond donors (Lipinski definition) is 0. The molecule has 146 valence electrons. The van der Waals surface area contributed by atoms with Crippen LogP contribution in [0.5, 0.6) is 5.75 Å². The van der Waals surface area contributed by atoms with Crippen LogP contribution in [0, 0.1) is 5.82 Å². The lowest BCUT2D eigenvalue weighted by Gasteiger charge is -2.19. The maximum Gasteiger partial charge on any atom is 0.387 e. The molecule has 5 rings (SSSR count). The number of nitrogens with zero attached hydrogens (tertiary/aromatic N) is 3. The second-order valence-electron chi connectivity index (χ2n) is 6.93. The number of benzene rings is 2. The normalized spacial score (nSPS) is 15.8. The Kier molecular flexibility index (Phi) is 4.23. The zero-order valence-corrected chi connectivity index (χ0v) is 15.2. The van der Waals surface area contributed by atoms with Gasteiger partial charge in [-0.25, -0.2) is 9.37 Å². The van der Waals surface area contributed by atoms with Gasteiger partial charge in [-0.15, -0.1) is 0 Å². The number of hydrogen-bond acceptors (Lipinski definition) is 3. The van der Waals surface area contributed by atoms with E-state index in [4.69, 9.17) is 4.74 Å². The van der Waals surface area contributed by atoms with Crippen LogP contribution in [0.2, 0.25) is 0 Å². The minimum absolute atomic E-state index is 0.150. The van der Waals surface area contributed by atoms with Gasteiger partial charge in [0.2, 0.25) is 0 Å². The first-order valence-corrected chi connectivity index (χ1v) is 9.26. The molecular formula is C22H16F3N3O. The fourth-order valence-corrected chi connectivity index (χ4v) is 4.08. The van der Waals surface area contributed by atoms with Crippen molar-refractivity contribution in [3.63, 3.8) is 0 Å². The van der Waals surface area contributed by atoms with Crippen LogP contribution in [-0.4, -0.2) is 21.1 Å². The highest BCUT2D eigenvalue weighted by molar-refractivity contribution is 5.83. The van der Waals surface area contributed by atoms with Gasteiger partial charge in [0.05, 0.1) is 17.1 Å². The number of rotatable bonds is 4. The van der Waals surface area contributed by atoms with Crippen LogP contribution in [0.15, 0.2) is 60.9 Å². The standard InChI is InChI=1S/C22H16F3N3O/c23-16-11-17-19(10-15(16)13-4-3-9-26-12-13)28-18(7-8-21(28)27-17)14-5-1-2-6-20(14)29-22(24)25/h1-6,9-12,18,22H,7-8H2/t18-/m1/s1. The fraction of sp³-hybridized carbons (Fsp3) is 0.182. The molecular weight excluding hydrogens is 379 g/mol. The van der Waals surface area contributed by atoms with E-state index in [-0.39, 0.29) is 17.6 Å². The molecule has 7 heteroatoms. The Morgan fingerprint density at radius 2 is 1.97 bits per heavy atom. The van der Waals surface area contributed by atoms with E-state index in [0.717, 1.165) is 11.3 Å². The summed E-state index contributed by atoms with van der Waals surface area (Å²) in [5.74, 6) is 0.580. The third kappa shape index (κ3) is 3.03. The van der Waals surface area contributed by atoms with Crippen molar-refractivity contribution >= 4 is 11.0 Å². The highest BCUT2D eigenvalue weighted by atomic mass is 19.3. The van der Waals surface area contributed by atoms with Crippen LogP contribution in [0.4, 0.5) is 13.2 Å². The number of ether oxygens (including phenoxy) is 1. The van der Waals surface area contributed by atoms with Crippen molar-refractivity contribution in [1.29, 1.82) is 0 Å². The minimum atomic E-state index is -2.90. The lowest BCUT2D eigenvalue weighted by molar-refractivity contribution is -0.0506. The molecule has 4 nitrogen and oxygen atoms in total. The smallest absolute Gasteiger partial charge is 0.387 e. The largest absolute Gasteiger partial charge is 0.434 e. The Bertz CT molecular complexity index is 1190. The number of para-hydroxylation sites is 1. The van der Waals surface area contributed by atoms with E-state index in [9.17, 15) is 13.2 Å². The van der Waals surface area contributed by atoms with Crippen molar-refractivity contribution in [2.75, 3.05) is 0 Å². The number of imidazole rings is 1. The van der Waals surface area contributed by atoms with Gasteiger partial charge >= 0.3 is 6.61 Å². The predicted molar refractivity (Wildman–Crippen MR) is 102 cm³/mol. The second-order valence-corrected chi connectivity index (χ2v) is 6.93. The molecule has 0 saturated carbocycles. The Morgan fingerprint density at radius 3 is 2.76 bits per heavy atom. The summed E-state index contributed by atoms with van der Waals surface area (Å²) in [6, 6.07) is 13.3. The summed E-state index contributed by atoms with van der Waals surface area (Å²) in [5.41, 5.74) is 3.06. The molecule has 1 atom stereocenters. The molecule has 0 bridgehead atoms. The first-order chi connectivity index (χ1) is 14.1. The Hall–Kier alpha value is -3.35. The van der Waals surface area contributed by atoms with Gasteiger partial charge in [-0.05, 0) is 24.6 Å². The minimum Gasteiger partial charge on any atom is -0.434 e. The van der Waals surface area contributed by atoms with E-state index in [1.807, 2.05) is 4.57 Å². The summed E-state index contributed by atoms with van der Waals surface area (Å²) in [5, 5.41) is 0. The van der Waals surface area contributed by atoms with Gasteiger partial charge in [-0.2, -0.15) is 8.78 Å². The second kappa shape index (κ2) is 6.92. The molecule has 0 fully saturated rings. The van der Waals surface area contributed by atoms with Crippen LogP contribution >= 0.6 is 0 Å². The SMILES string of the molecule is Fc1cc2nc3n(c2cc1-c1cccnc1)[C@@H](c1ccccc1OC(F)F)CC3. The van der Waals surface area contributed by atoms with Crippen LogP contribution in [0.1, 0.15) is 23.9 Å². The van der Waals surface area contributed by atoms with Gasteiger partial charge in [0.25, 0.3) is 0 Å². The number of alkyl halides is 2. The predicted octanol–water partition coefficient (Wildman–Crippen LogP) is 5.37. The lowest BCUT2D eigenvalue weighted by Crippen LogP contribution is -2.10. The molecule has 4 aromatic rings. The summed E-state index contributed by atoms with van der Waals surface area (Å²) < 4.78 is 47.2. The summed E-state index contributed by atoms with van der Waals surface area (Å²) in [7, 11) is 0. The molecule has 1 aliphatic rings. The highest BCUT2D eigenvalue weighted by Crippen LogP contribution is 2.40.